The van der Waals surface area contributed by atoms with Crippen molar-refractivity contribution in [3.63, 3.8) is 0 Å². The van der Waals surface area contributed by atoms with E-state index >= 15 is 0 Å². The van der Waals surface area contributed by atoms with Crippen LogP contribution in [0.5, 0.6) is 0 Å². The van der Waals surface area contributed by atoms with Gasteiger partial charge in [-0.05, 0) is 55.8 Å². The number of esters is 1. The fourth-order valence-corrected chi connectivity index (χ4v) is 5.71. The molecule has 3 saturated carbocycles. The molecule has 7 unspecified atom stereocenters. The molecule has 0 aliphatic heterocycles. The monoisotopic (exact) mass is 244 g/mol. The molecule has 2 heteroatoms. The van der Waals surface area contributed by atoms with Crippen molar-refractivity contribution in [2.75, 3.05) is 0 Å². The number of hydrogen-bond acceptors (Lipinski definition) is 2. The van der Waals surface area contributed by atoms with Gasteiger partial charge in [-0.25, -0.2) is 4.79 Å². The molecule has 96 valence electrons. The molecule has 0 aromatic heterocycles. The van der Waals surface area contributed by atoms with Gasteiger partial charge in [-0.3, -0.25) is 0 Å². The number of fused-ring (bicyclic) bond motifs is 9. The number of hydrogen-bond donors (Lipinski definition) is 0. The first-order valence-electron chi connectivity index (χ1n) is 7.16. The van der Waals surface area contributed by atoms with Crippen molar-refractivity contribution in [2.45, 2.75) is 31.8 Å². The highest BCUT2D eigenvalue weighted by atomic mass is 16.6. The first-order valence-corrected chi connectivity index (χ1v) is 7.16. The van der Waals surface area contributed by atoms with Gasteiger partial charge in [-0.1, -0.05) is 18.7 Å². The zero-order valence-electron chi connectivity index (χ0n) is 10.8. The maximum absolute atomic E-state index is 11.5. The van der Waals surface area contributed by atoms with E-state index in [9.17, 15) is 4.79 Å². The Morgan fingerprint density at radius 3 is 2.78 bits per heavy atom. The van der Waals surface area contributed by atoms with Gasteiger partial charge in [0.1, 0.15) is 5.60 Å². The average molecular weight is 244 g/mol. The number of allylic oxidation sites excluding steroid dienone is 2. The summed E-state index contributed by atoms with van der Waals surface area (Å²) in [7, 11) is 0. The Hall–Kier alpha value is -1.05. The highest BCUT2D eigenvalue weighted by Gasteiger charge is 2.65. The van der Waals surface area contributed by atoms with Crippen LogP contribution in [0.15, 0.2) is 24.8 Å². The minimum Gasteiger partial charge on any atom is -0.456 e. The predicted octanol–water partition coefficient (Wildman–Crippen LogP) is 2.95. The molecule has 0 N–H and O–H groups in total. The Kier molecular flexibility index (Phi) is 1.98. The van der Waals surface area contributed by atoms with E-state index in [4.69, 9.17) is 4.74 Å². The number of carbonyl (C=O) groups excluding carboxylic acids is 1. The van der Waals surface area contributed by atoms with E-state index in [1.54, 1.807) is 0 Å². The summed E-state index contributed by atoms with van der Waals surface area (Å²) >= 11 is 0. The number of carbonyl (C=O) groups is 1. The number of ether oxygens (including phenoxy) is 1. The van der Waals surface area contributed by atoms with Crippen LogP contribution in [-0.2, 0) is 9.53 Å². The van der Waals surface area contributed by atoms with Gasteiger partial charge in [0.05, 0.1) is 0 Å². The van der Waals surface area contributed by atoms with Gasteiger partial charge in [0.2, 0.25) is 0 Å². The van der Waals surface area contributed by atoms with Crippen LogP contribution in [0.2, 0.25) is 0 Å². The molecule has 3 fully saturated rings. The molecule has 7 atom stereocenters. The van der Waals surface area contributed by atoms with Crippen LogP contribution < -0.4 is 0 Å². The van der Waals surface area contributed by atoms with Crippen molar-refractivity contribution in [1.29, 1.82) is 0 Å². The fraction of sp³-hybridized carbons (Fsp3) is 0.688. The van der Waals surface area contributed by atoms with Crippen LogP contribution >= 0.6 is 0 Å². The molecule has 4 aliphatic rings. The molecule has 0 radical (unpaired) electrons. The summed E-state index contributed by atoms with van der Waals surface area (Å²) in [5.74, 6) is 4.37. The lowest BCUT2D eigenvalue weighted by atomic mass is 9.68. The maximum Gasteiger partial charge on any atom is 0.330 e. The van der Waals surface area contributed by atoms with Gasteiger partial charge < -0.3 is 4.74 Å². The fourth-order valence-electron chi connectivity index (χ4n) is 5.71. The van der Waals surface area contributed by atoms with Crippen LogP contribution in [0.3, 0.4) is 0 Å². The Balaban J connectivity index is 1.63. The van der Waals surface area contributed by atoms with E-state index in [0.29, 0.717) is 5.92 Å². The lowest BCUT2D eigenvalue weighted by molar-refractivity contribution is -0.161. The van der Waals surface area contributed by atoms with Crippen LogP contribution in [-0.4, -0.2) is 11.6 Å². The van der Waals surface area contributed by atoms with E-state index in [1.165, 1.54) is 18.9 Å². The van der Waals surface area contributed by atoms with Crippen molar-refractivity contribution in [3.05, 3.63) is 24.8 Å². The van der Waals surface area contributed by atoms with E-state index in [-0.39, 0.29) is 11.6 Å². The second-order valence-corrected chi connectivity index (χ2v) is 6.85. The molecule has 0 amide bonds. The molecule has 0 spiro atoms. The zero-order valence-corrected chi connectivity index (χ0v) is 10.8. The molecular formula is C16H20O2. The average Bonchev–Trinajstić information content (AvgIpc) is 3.03. The molecule has 4 aliphatic carbocycles. The molecule has 0 saturated heterocycles. The first-order chi connectivity index (χ1) is 8.62. The van der Waals surface area contributed by atoms with Crippen molar-refractivity contribution < 1.29 is 9.53 Å². The van der Waals surface area contributed by atoms with Gasteiger partial charge in [0.25, 0.3) is 0 Å². The van der Waals surface area contributed by atoms with Crippen molar-refractivity contribution in [3.8, 4) is 0 Å². The Labute approximate surface area is 108 Å². The molecule has 2 nitrogen and oxygen atoms in total. The second kappa shape index (κ2) is 3.28. The van der Waals surface area contributed by atoms with E-state index in [1.807, 2.05) is 0 Å². The van der Waals surface area contributed by atoms with E-state index in [2.05, 4.69) is 25.7 Å². The second-order valence-electron chi connectivity index (χ2n) is 6.85. The van der Waals surface area contributed by atoms with Crippen LogP contribution in [0.4, 0.5) is 0 Å². The molecule has 4 bridgehead atoms. The lowest BCUT2D eigenvalue weighted by Gasteiger charge is -2.42. The first kappa shape index (κ1) is 10.8. The summed E-state index contributed by atoms with van der Waals surface area (Å²) in [6, 6.07) is 0. The van der Waals surface area contributed by atoms with Gasteiger partial charge in [0.15, 0.2) is 0 Å². The van der Waals surface area contributed by atoms with Crippen molar-refractivity contribution in [2.24, 2.45) is 35.5 Å². The van der Waals surface area contributed by atoms with Crippen LogP contribution in [0.25, 0.3) is 0 Å². The van der Waals surface area contributed by atoms with E-state index in [0.717, 1.165) is 36.0 Å². The van der Waals surface area contributed by atoms with Gasteiger partial charge in [-0.15, -0.1) is 0 Å². The normalized spacial score (nSPS) is 54.7. The van der Waals surface area contributed by atoms with Crippen LogP contribution in [0, 0.1) is 35.5 Å². The summed E-state index contributed by atoms with van der Waals surface area (Å²) in [4.78, 5) is 11.5. The minimum atomic E-state index is -0.250. The maximum atomic E-state index is 11.5. The van der Waals surface area contributed by atoms with Crippen LogP contribution in [0.1, 0.15) is 26.2 Å². The van der Waals surface area contributed by atoms with Crippen molar-refractivity contribution in [1.82, 2.24) is 0 Å². The van der Waals surface area contributed by atoms with Gasteiger partial charge in [-0.2, -0.15) is 0 Å². The molecule has 0 aromatic rings. The zero-order chi connectivity index (χ0) is 12.5. The minimum absolute atomic E-state index is 0.227. The molecule has 0 heterocycles. The highest BCUT2D eigenvalue weighted by Crippen LogP contribution is 2.68. The standard InChI is InChI=1S/C16H20O2/c1-3-13(17)18-16(2)8-11-7-12(16)15-10-5-4-9(6-10)14(11)15/h3-5,9-12,14-15H,1,6-8H2,2H3. The Morgan fingerprint density at radius 1 is 1.33 bits per heavy atom. The third-order valence-electron chi connectivity index (χ3n) is 6.10. The van der Waals surface area contributed by atoms with Gasteiger partial charge >= 0.3 is 5.97 Å². The summed E-state index contributed by atoms with van der Waals surface area (Å²) in [6.45, 7) is 5.66. The molecule has 18 heavy (non-hydrogen) atoms. The SMILES string of the molecule is C=CC(=O)OC1(C)CC2CC1C1C3C=CC(C3)C21. The van der Waals surface area contributed by atoms with Crippen molar-refractivity contribution >= 4 is 5.97 Å². The summed E-state index contributed by atoms with van der Waals surface area (Å²) in [5, 5.41) is 0. The number of rotatable bonds is 2. The highest BCUT2D eigenvalue weighted by molar-refractivity contribution is 5.81. The smallest absolute Gasteiger partial charge is 0.330 e. The quantitative estimate of drug-likeness (QED) is 0.323. The summed E-state index contributed by atoms with van der Waals surface area (Å²) in [5.41, 5.74) is -0.227. The predicted molar refractivity (Wildman–Crippen MR) is 68.6 cm³/mol. The lowest BCUT2D eigenvalue weighted by Crippen LogP contribution is -2.44. The van der Waals surface area contributed by atoms with Gasteiger partial charge in [0, 0.05) is 12.0 Å². The third-order valence-corrected chi connectivity index (χ3v) is 6.10. The molecular weight excluding hydrogens is 224 g/mol. The largest absolute Gasteiger partial charge is 0.456 e. The van der Waals surface area contributed by atoms with E-state index < -0.39 is 0 Å². The Bertz CT molecular complexity index is 452. The summed E-state index contributed by atoms with van der Waals surface area (Å²) in [6.07, 6.45) is 9.85. The molecule has 0 aromatic carbocycles. The topological polar surface area (TPSA) is 26.3 Å². The summed E-state index contributed by atoms with van der Waals surface area (Å²) < 4.78 is 5.72. The molecule has 4 rings (SSSR count). The third kappa shape index (κ3) is 1.17. The Morgan fingerprint density at radius 2 is 2.06 bits per heavy atom.